The molecule has 0 amide bonds. The summed E-state index contributed by atoms with van der Waals surface area (Å²) in [5.74, 6) is 1.18. The maximum atomic E-state index is 2.40. The van der Waals surface area contributed by atoms with E-state index in [4.69, 9.17) is 0 Å². The molecular weight excluding hydrogens is 248 g/mol. The first kappa shape index (κ1) is 16.4. The van der Waals surface area contributed by atoms with E-state index >= 15 is 0 Å². The van der Waals surface area contributed by atoms with Gasteiger partial charge in [0.2, 0.25) is 0 Å². The number of allylic oxidation sites excluding steroid dienone is 2. The Morgan fingerprint density at radius 1 is 1.11 bits per heavy atom. The third-order valence-electron chi connectivity index (χ3n) is 3.74. The van der Waals surface area contributed by atoms with Gasteiger partial charge < -0.3 is 0 Å². The summed E-state index contributed by atoms with van der Waals surface area (Å²) in [7, 11) is 0. The van der Waals surface area contributed by atoms with Crippen LogP contribution in [0.2, 0.25) is 0 Å². The summed E-state index contributed by atoms with van der Waals surface area (Å²) in [5, 5.41) is 0. The highest BCUT2D eigenvalue weighted by Crippen LogP contribution is 2.42. The average molecular weight is 276 g/mol. The van der Waals surface area contributed by atoms with Gasteiger partial charge in [0, 0.05) is 10.2 Å². The smallest absolute Gasteiger partial charge is 0.0142 e. The SMILES string of the molecule is CC=CC(CC)(CC(C)(C)SCC)c1ccccc1. The standard InChI is InChI=1S/C18H28S/c1-6-14-18(7-2,15-17(4,5)19-8-3)16-12-10-9-11-13-16/h6,9-14H,7-8,15H2,1-5H3. The average Bonchev–Trinajstić information content (AvgIpc) is 2.39. The summed E-state index contributed by atoms with van der Waals surface area (Å²) in [4.78, 5) is 0. The molecule has 1 atom stereocenters. The lowest BCUT2D eigenvalue weighted by molar-refractivity contribution is 0.422. The van der Waals surface area contributed by atoms with Gasteiger partial charge in [-0.2, -0.15) is 11.8 Å². The maximum absolute atomic E-state index is 2.40. The van der Waals surface area contributed by atoms with Crippen molar-refractivity contribution in [1.82, 2.24) is 0 Å². The monoisotopic (exact) mass is 276 g/mol. The van der Waals surface area contributed by atoms with Crippen molar-refractivity contribution in [2.45, 2.75) is 57.6 Å². The Bertz CT molecular complexity index is 391. The molecule has 0 saturated heterocycles. The summed E-state index contributed by atoms with van der Waals surface area (Å²) >= 11 is 2.06. The molecule has 1 heteroatoms. The van der Waals surface area contributed by atoms with E-state index < -0.39 is 0 Å². The van der Waals surface area contributed by atoms with Crippen LogP contribution >= 0.6 is 11.8 Å². The molecule has 1 rings (SSSR count). The van der Waals surface area contributed by atoms with Gasteiger partial charge in [-0.05, 0) is 31.1 Å². The van der Waals surface area contributed by atoms with Crippen LogP contribution in [0.4, 0.5) is 0 Å². The van der Waals surface area contributed by atoms with Crippen molar-refractivity contribution >= 4 is 11.8 Å². The first-order valence-electron chi connectivity index (χ1n) is 7.33. The molecule has 1 unspecified atom stereocenters. The van der Waals surface area contributed by atoms with Gasteiger partial charge in [0.1, 0.15) is 0 Å². The third-order valence-corrected chi connectivity index (χ3v) is 4.96. The van der Waals surface area contributed by atoms with E-state index in [1.165, 1.54) is 17.7 Å². The summed E-state index contributed by atoms with van der Waals surface area (Å²) < 4.78 is 0.306. The number of benzene rings is 1. The summed E-state index contributed by atoms with van der Waals surface area (Å²) in [6.45, 7) is 11.4. The van der Waals surface area contributed by atoms with Crippen LogP contribution in [-0.2, 0) is 5.41 Å². The quantitative estimate of drug-likeness (QED) is 0.564. The minimum Gasteiger partial charge on any atom is -0.156 e. The second-order valence-corrected chi connectivity index (χ2v) is 7.72. The van der Waals surface area contributed by atoms with Crippen LogP contribution < -0.4 is 0 Å². The molecule has 0 saturated carbocycles. The van der Waals surface area contributed by atoms with Crippen molar-refractivity contribution in [2.75, 3.05) is 5.75 Å². The Balaban J connectivity index is 3.13. The Morgan fingerprint density at radius 3 is 2.21 bits per heavy atom. The fourth-order valence-corrected chi connectivity index (χ4v) is 4.14. The highest BCUT2D eigenvalue weighted by Gasteiger charge is 2.34. The molecule has 0 fully saturated rings. The van der Waals surface area contributed by atoms with Crippen molar-refractivity contribution < 1.29 is 0 Å². The van der Waals surface area contributed by atoms with Gasteiger partial charge in [-0.3, -0.25) is 0 Å². The molecule has 0 spiro atoms. The fourth-order valence-electron chi connectivity index (χ4n) is 2.99. The zero-order valence-corrected chi connectivity index (χ0v) is 13.9. The molecule has 1 aromatic carbocycles. The molecule has 0 bridgehead atoms. The molecule has 0 aliphatic carbocycles. The topological polar surface area (TPSA) is 0 Å². The van der Waals surface area contributed by atoms with Crippen LogP contribution in [0.1, 0.15) is 53.0 Å². The van der Waals surface area contributed by atoms with Crippen molar-refractivity contribution in [3.8, 4) is 0 Å². The molecule has 1 aromatic rings. The van der Waals surface area contributed by atoms with Gasteiger partial charge in [-0.15, -0.1) is 0 Å². The molecule has 106 valence electrons. The van der Waals surface area contributed by atoms with Crippen LogP contribution in [-0.4, -0.2) is 10.5 Å². The number of hydrogen-bond donors (Lipinski definition) is 0. The molecule has 0 heterocycles. The predicted molar refractivity (Wildman–Crippen MR) is 90.1 cm³/mol. The Kier molecular flexibility index (Phi) is 6.19. The summed E-state index contributed by atoms with van der Waals surface area (Å²) in [5.41, 5.74) is 1.61. The largest absolute Gasteiger partial charge is 0.156 e. The minimum atomic E-state index is 0.168. The Morgan fingerprint density at radius 2 is 1.74 bits per heavy atom. The molecule has 0 radical (unpaired) electrons. The normalized spacial score (nSPS) is 15.6. The number of thioether (sulfide) groups is 1. The van der Waals surface area contributed by atoms with Crippen LogP contribution in [0.25, 0.3) is 0 Å². The molecule has 0 aromatic heterocycles. The first-order valence-corrected chi connectivity index (χ1v) is 8.31. The molecule has 0 aliphatic heterocycles. The van der Waals surface area contributed by atoms with E-state index in [2.05, 4.69) is 88.9 Å². The third kappa shape index (κ3) is 4.42. The van der Waals surface area contributed by atoms with Gasteiger partial charge in [0.25, 0.3) is 0 Å². The Labute approximate surface area is 123 Å². The van der Waals surface area contributed by atoms with E-state index in [-0.39, 0.29) is 5.41 Å². The van der Waals surface area contributed by atoms with E-state index in [0.29, 0.717) is 4.75 Å². The fraction of sp³-hybridized carbons (Fsp3) is 0.556. The lowest BCUT2D eigenvalue weighted by atomic mass is 9.72. The maximum Gasteiger partial charge on any atom is 0.0142 e. The number of hydrogen-bond acceptors (Lipinski definition) is 1. The van der Waals surface area contributed by atoms with Crippen LogP contribution in [0, 0.1) is 0 Å². The molecule has 0 aliphatic rings. The van der Waals surface area contributed by atoms with Gasteiger partial charge in [0.15, 0.2) is 0 Å². The summed E-state index contributed by atoms with van der Waals surface area (Å²) in [6.07, 6.45) is 6.95. The Hall–Kier alpha value is -0.690. The van der Waals surface area contributed by atoms with Gasteiger partial charge in [0.05, 0.1) is 0 Å². The van der Waals surface area contributed by atoms with Crippen LogP contribution in [0.3, 0.4) is 0 Å². The van der Waals surface area contributed by atoms with Crippen molar-refractivity contribution in [2.24, 2.45) is 0 Å². The second kappa shape index (κ2) is 7.19. The summed E-state index contributed by atoms with van der Waals surface area (Å²) in [6, 6.07) is 11.0. The zero-order chi connectivity index (χ0) is 14.4. The van der Waals surface area contributed by atoms with Gasteiger partial charge >= 0.3 is 0 Å². The van der Waals surface area contributed by atoms with Crippen molar-refractivity contribution in [3.63, 3.8) is 0 Å². The highest BCUT2D eigenvalue weighted by atomic mass is 32.2. The predicted octanol–water partition coefficient (Wildman–Crippen LogP) is 5.83. The lowest BCUT2D eigenvalue weighted by Gasteiger charge is -2.38. The molecule has 0 N–H and O–H groups in total. The van der Waals surface area contributed by atoms with Crippen LogP contribution in [0.15, 0.2) is 42.5 Å². The zero-order valence-electron chi connectivity index (χ0n) is 13.1. The van der Waals surface area contributed by atoms with E-state index in [0.717, 1.165) is 6.42 Å². The van der Waals surface area contributed by atoms with E-state index in [9.17, 15) is 0 Å². The molecular formula is C18H28S. The molecule has 19 heavy (non-hydrogen) atoms. The van der Waals surface area contributed by atoms with Gasteiger partial charge in [-0.1, -0.05) is 70.2 Å². The highest BCUT2D eigenvalue weighted by molar-refractivity contribution is 8.00. The van der Waals surface area contributed by atoms with Crippen molar-refractivity contribution in [1.29, 1.82) is 0 Å². The minimum absolute atomic E-state index is 0.168. The van der Waals surface area contributed by atoms with E-state index in [1.54, 1.807) is 0 Å². The molecule has 0 nitrogen and oxygen atoms in total. The lowest BCUT2D eigenvalue weighted by Crippen LogP contribution is -2.32. The van der Waals surface area contributed by atoms with Gasteiger partial charge in [-0.25, -0.2) is 0 Å². The van der Waals surface area contributed by atoms with Crippen LogP contribution in [0.5, 0.6) is 0 Å². The van der Waals surface area contributed by atoms with Crippen molar-refractivity contribution in [3.05, 3.63) is 48.0 Å². The first-order chi connectivity index (χ1) is 8.99. The number of rotatable bonds is 7. The second-order valence-electron chi connectivity index (χ2n) is 5.75. The van der Waals surface area contributed by atoms with E-state index in [1.807, 2.05) is 0 Å².